The molecule has 0 unspecified atom stereocenters. The molecular formula is C9H16N2Si. The van der Waals surface area contributed by atoms with Gasteiger partial charge in [-0.05, 0) is 24.6 Å². The zero-order chi connectivity index (χ0) is 8.65. The van der Waals surface area contributed by atoms with Crippen LogP contribution in [-0.4, -0.2) is 16.2 Å². The SMILES string of the molecule is N[SiH2]CCCNc1ccccc1. The number of benzene rings is 1. The lowest BCUT2D eigenvalue weighted by molar-refractivity contribution is 0.969. The molecule has 66 valence electrons. The van der Waals surface area contributed by atoms with Crippen molar-refractivity contribution in [2.45, 2.75) is 12.5 Å². The molecule has 0 aromatic heterocycles. The highest BCUT2D eigenvalue weighted by Gasteiger charge is 1.88. The number of nitrogens with one attached hydrogen (secondary N) is 1. The fourth-order valence-electron chi connectivity index (χ4n) is 1.06. The first kappa shape index (κ1) is 9.29. The summed E-state index contributed by atoms with van der Waals surface area (Å²) < 4.78 is 0. The Kier molecular flexibility index (Phi) is 4.49. The van der Waals surface area contributed by atoms with E-state index in [1.165, 1.54) is 18.2 Å². The fourth-order valence-corrected chi connectivity index (χ4v) is 1.60. The molecule has 3 heteroatoms. The Morgan fingerprint density at radius 1 is 1.25 bits per heavy atom. The minimum atomic E-state index is -0.226. The molecule has 0 spiro atoms. The van der Waals surface area contributed by atoms with Crippen molar-refractivity contribution in [2.24, 2.45) is 5.40 Å². The van der Waals surface area contributed by atoms with Gasteiger partial charge < -0.3 is 10.7 Å². The van der Waals surface area contributed by atoms with Crippen LogP contribution in [0.1, 0.15) is 6.42 Å². The predicted molar refractivity (Wildman–Crippen MR) is 57.1 cm³/mol. The van der Waals surface area contributed by atoms with Crippen LogP contribution in [0.5, 0.6) is 0 Å². The van der Waals surface area contributed by atoms with Crippen LogP contribution in [0.2, 0.25) is 6.04 Å². The van der Waals surface area contributed by atoms with E-state index >= 15 is 0 Å². The lowest BCUT2D eigenvalue weighted by atomic mass is 10.3. The van der Waals surface area contributed by atoms with Crippen LogP contribution in [0.25, 0.3) is 0 Å². The molecule has 0 fully saturated rings. The number of hydrogen-bond donors (Lipinski definition) is 2. The van der Waals surface area contributed by atoms with Gasteiger partial charge in [-0.25, -0.2) is 0 Å². The Morgan fingerprint density at radius 2 is 2.00 bits per heavy atom. The molecule has 0 saturated heterocycles. The molecule has 0 saturated carbocycles. The highest BCUT2D eigenvalue weighted by Crippen LogP contribution is 2.04. The van der Waals surface area contributed by atoms with Gasteiger partial charge in [-0.15, -0.1) is 0 Å². The highest BCUT2D eigenvalue weighted by molar-refractivity contribution is 6.30. The van der Waals surface area contributed by atoms with E-state index in [4.69, 9.17) is 5.40 Å². The smallest absolute Gasteiger partial charge is 0.0888 e. The predicted octanol–water partition coefficient (Wildman–Crippen LogP) is 0.949. The molecular weight excluding hydrogens is 164 g/mol. The molecule has 0 heterocycles. The standard InChI is InChI=1S/C9H16N2Si/c10-12-8-4-7-11-9-5-2-1-3-6-9/h1-3,5-6,11H,4,7-8,10,12H2. The summed E-state index contributed by atoms with van der Waals surface area (Å²) in [6.45, 7) is 1.05. The minimum Gasteiger partial charge on any atom is -0.385 e. The number of rotatable bonds is 5. The molecule has 0 bridgehead atoms. The van der Waals surface area contributed by atoms with Crippen molar-refractivity contribution in [2.75, 3.05) is 11.9 Å². The van der Waals surface area contributed by atoms with Crippen LogP contribution in [0, 0.1) is 0 Å². The summed E-state index contributed by atoms with van der Waals surface area (Å²) in [5.74, 6) is 0. The maximum absolute atomic E-state index is 5.52. The molecule has 12 heavy (non-hydrogen) atoms. The van der Waals surface area contributed by atoms with E-state index < -0.39 is 0 Å². The Bertz CT molecular complexity index is 201. The van der Waals surface area contributed by atoms with E-state index in [-0.39, 0.29) is 9.68 Å². The van der Waals surface area contributed by atoms with Gasteiger partial charge in [0.15, 0.2) is 0 Å². The van der Waals surface area contributed by atoms with Gasteiger partial charge in [-0.2, -0.15) is 0 Å². The van der Waals surface area contributed by atoms with E-state index in [1.54, 1.807) is 0 Å². The van der Waals surface area contributed by atoms with E-state index in [0.29, 0.717) is 0 Å². The second-order valence-corrected chi connectivity index (χ2v) is 4.07. The second kappa shape index (κ2) is 5.80. The molecule has 0 radical (unpaired) electrons. The quantitative estimate of drug-likeness (QED) is 0.523. The van der Waals surface area contributed by atoms with Crippen LogP contribution in [0.4, 0.5) is 5.69 Å². The fraction of sp³-hybridized carbons (Fsp3) is 0.333. The summed E-state index contributed by atoms with van der Waals surface area (Å²) in [7, 11) is -0.226. The average Bonchev–Trinajstić information content (AvgIpc) is 2.14. The van der Waals surface area contributed by atoms with E-state index in [1.807, 2.05) is 18.2 Å². The van der Waals surface area contributed by atoms with E-state index in [0.717, 1.165) is 6.54 Å². The van der Waals surface area contributed by atoms with Gasteiger partial charge in [-0.3, -0.25) is 0 Å². The topological polar surface area (TPSA) is 38.0 Å². The Hall–Kier alpha value is -0.803. The largest absolute Gasteiger partial charge is 0.385 e. The highest BCUT2D eigenvalue weighted by atomic mass is 28.2. The number of para-hydroxylation sites is 1. The zero-order valence-electron chi connectivity index (χ0n) is 7.29. The van der Waals surface area contributed by atoms with Gasteiger partial charge in [0.25, 0.3) is 0 Å². The lowest BCUT2D eigenvalue weighted by Gasteiger charge is -2.04. The normalized spacial score (nSPS) is 10.8. The zero-order valence-corrected chi connectivity index (χ0v) is 8.71. The second-order valence-electron chi connectivity index (χ2n) is 2.79. The Labute approximate surface area is 76.1 Å². The maximum Gasteiger partial charge on any atom is 0.0888 e. The molecule has 0 aliphatic rings. The van der Waals surface area contributed by atoms with Crippen LogP contribution in [0.3, 0.4) is 0 Å². The third-order valence-corrected chi connectivity index (χ3v) is 2.64. The summed E-state index contributed by atoms with van der Waals surface area (Å²) in [5.41, 5.74) is 1.20. The summed E-state index contributed by atoms with van der Waals surface area (Å²) in [4.78, 5) is 0. The maximum atomic E-state index is 5.52. The van der Waals surface area contributed by atoms with Crippen LogP contribution in [-0.2, 0) is 0 Å². The van der Waals surface area contributed by atoms with Gasteiger partial charge in [0.2, 0.25) is 0 Å². The molecule has 0 atom stereocenters. The monoisotopic (exact) mass is 180 g/mol. The van der Waals surface area contributed by atoms with Crippen LogP contribution in [0.15, 0.2) is 30.3 Å². The molecule has 1 aromatic carbocycles. The molecule has 3 N–H and O–H groups in total. The molecule has 0 aliphatic carbocycles. The van der Waals surface area contributed by atoms with Gasteiger partial charge in [0.05, 0.1) is 9.68 Å². The van der Waals surface area contributed by atoms with Crippen molar-refractivity contribution in [3.8, 4) is 0 Å². The number of anilines is 1. The molecule has 0 amide bonds. The van der Waals surface area contributed by atoms with Gasteiger partial charge >= 0.3 is 0 Å². The van der Waals surface area contributed by atoms with Crippen molar-refractivity contribution in [1.29, 1.82) is 0 Å². The third kappa shape index (κ3) is 3.55. The third-order valence-electron chi connectivity index (χ3n) is 1.73. The number of hydrogen-bond acceptors (Lipinski definition) is 2. The summed E-state index contributed by atoms with van der Waals surface area (Å²) >= 11 is 0. The first-order valence-electron chi connectivity index (χ1n) is 4.42. The Morgan fingerprint density at radius 3 is 2.67 bits per heavy atom. The molecule has 1 aromatic rings. The number of nitrogens with two attached hydrogens (primary N) is 1. The van der Waals surface area contributed by atoms with Gasteiger partial charge in [0, 0.05) is 12.2 Å². The average molecular weight is 180 g/mol. The van der Waals surface area contributed by atoms with Crippen molar-refractivity contribution >= 4 is 15.4 Å². The van der Waals surface area contributed by atoms with Crippen LogP contribution >= 0.6 is 0 Å². The first-order chi connectivity index (χ1) is 5.93. The molecule has 2 nitrogen and oxygen atoms in total. The van der Waals surface area contributed by atoms with Crippen molar-refractivity contribution in [3.05, 3.63) is 30.3 Å². The van der Waals surface area contributed by atoms with E-state index in [9.17, 15) is 0 Å². The van der Waals surface area contributed by atoms with Crippen molar-refractivity contribution in [1.82, 2.24) is 0 Å². The summed E-state index contributed by atoms with van der Waals surface area (Å²) in [6.07, 6.45) is 1.21. The Balaban J connectivity index is 2.16. The van der Waals surface area contributed by atoms with Crippen molar-refractivity contribution in [3.63, 3.8) is 0 Å². The lowest BCUT2D eigenvalue weighted by Crippen LogP contribution is -2.07. The first-order valence-corrected chi connectivity index (χ1v) is 6.24. The minimum absolute atomic E-state index is 0.226. The van der Waals surface area contributed by atoms with E-state index in [2.05, 4.69) is 17.4 Å². The summed E-state index contributed by atoms with van der Waals surface area (Å²) in [5, 5.41) is 8.87. The molecule has 0 aliphatic heterocycles. The molecule has 1 rings (SSSR count). The van der Waals surface area contributed by atoms with Crippen LogP contribution < -0.4 is 10.7 Å². The van der Waals surface area contributed by atoms with Crippen molar-refractivity contribution < 1.29 is 0 Å². The summed E-state index contributed by atoms with van der Waals surface area (Å²) in [6, 6.07) is 11.5. The van der Waals surface area contributed by atoms with Gasteiger partial charge in [0.1, 0.15) is 0 Å². The van der Waals surface area contributed by atoms with Gasteiger partial charge in [-0.1, -0.05) is 18.2 Å².